The summed E-state index contributed by atoms with van der Waals surface area (Å²) in [5.74, 6) is 0.189. The van der Waals surface area contributed by atoms with Crippen molar-refractivity contribution < 1.29 is 4.79 Å². The number of hydrogen-bond acceptors (Lipinski definition) is 3. The summed E-state index contributed by atoms with van der Waals surface area (Å²) < 4.78 is 0. The van der Waals surface area contributed by atoms with Gasteiger partial charge < -0.3 is 15.5 Å². The maximum absolute atomic E-state index is 11.3. The summed E-state index contributed by atoms with van der Waals surface area (Å²) in [5, 5.41) is 6.35. The molecule has 1 aliphatic heterocycles. The summed E-state index contributed by atoms with van der Waals surface area (Å²) in [6, 6.07) is 0.373. The zero-order chi connectivity index (χ0) is 11.1. The Morgan fingerprint density at radius 2 is 2.40 bits per heavy atom. The lowest BCUT2D eigenvalue weighted by molar-refractivity contribution is -0.121. The number of hydrogen-bond donors (Lipinski definition) is 2. The number of carbonyl (C=O) groups is 1. The van der Waals surface area contributed by atoms with Crippen LogP contribution in [-0.2, 0) is 4.79 Å². The highest BCUT2D eigenvalue weighted by atomic mass is 16.1. The van der Waals surface area contributed by atoms with Gasteiger partial charge >= 0.3 is 0 Å². The third-order valence-corrected chi connectivity index (χ3v) is 2.95. The Kier molecular flexibility index (Phi) is 5.65. The van der Waals surface area contributed by atoms with Crippen LogP contribution in [0.5, 0.6) is 0 Å². The van der Waals surface area contributed by atoms with Gasteiger partial charge in [0.05, 0.1) is 0 Å². The Balaban J connectivity index is 2.16. The highest BCUT2D eigenvalue weighted by Gasteiger charge is 2.16. The minimum atomic E-state index is 0.189. The predicted molar refractivity (Wildman–Crippen MR) is 61.8 cm³/mol. The van der Waals surface area contributed by atoms with Crippen LogP contribution in [0.4, 0.5) is 0 Å². The van der Waals surface area contributed by atoms with Crippen LogP contribution in [0.2, 0.25) is 0 Å². The summed E-state index contributed by atoms with van der Waals surface area (Å²) in [4.78, 5) is 13.6. The zero-order valence-corrected chi connectivity index (χ0v) is 9.88. The lowest BCUT2D eigenvalue weighted by Crippen LogP contribution is -2.37. The van der Waals surface area contributed by atoms with Gasteiger partial charge in [0.15, 0.2) is 0 Å². The predicted octanol–water partition coefficient (Wildman–Crippen LogP) is 0.196. The van der Waals surface area contributed by atoms with Crippen LogP contribution in [0, 0.1) is 0 Å². The van der Waals surface area contributed by atoms with Crippen molar-refractivity contribution in [2.75, 3.05) is 33.2 Å². The maximum Gasteiger partial charge on any atom is 0.221 e. The van der Waals surface area contributed by atoms with Gasteiger partial charge in [-0.2, -0.15) is 0 Å². The molecule has 0 saturated carbocycles. The molecule has 15 heavy (non-hydrogen) atoms. The molecule has 0 aromatic rings. The Hall–Kier alpha value is -0.610. The van der Waals surface area contributed by atoms with Crippen molar-refractivity contribution in [2.24, 2.45) is 0 Å². The summed E-state index contributed by atoms with van der Waals surface area (Å²) >= 11 is 0. The Morgan fingerprint density at radius 3 is 3.13 bits per heavy atom. The molecule has 0 aromatic carbocycles. The van der Waals surface area contributed by atoms with Crippen molar-refractivity contribution in [3.05, 3.63) is 0 Å². The van der Waals surface area contributed by atoms with E-state index in [1.807, 2.05) is 0 Å². The van der Waals surface area contributed by atoms with Crippen LogP contribution in [-0.4, -0.2) is 50.1 Å². The number of amides is 1. The largest absolute Gasteiger partial charge is 0.356 e. The molecule has 0 radical (unpaired) electrons. The van der Waals surface area contributed by atoms with E-state index in [0.29, 0.717) is 12.5 Å². The number of nitrogens with one attached hydrogen (secondary N) is 2. The van der Waals surface area contributed by atoms with Gasteiger partial charge in [-0.3, -0.25) is 4.79 Å². The summed E-state index contributed by atoms with van der Waals surface area (Å²) in [6.45, 7) is 6.09. The third-order valence-electron chi connectivity index (χ3n) is 2.95. The van der Waals surface area contributed by atoms with E-state index in [2.05, 4.69) is 29.5 Å². The Morgan fingerprint density at radius 1 is 1.60 bits per heavy atom. The molecule has 1 rings (SSSR count). The Bertz CT molecular complexity index is 196. The maximum atomic E-state index is 11.3. The first-order chi connectivity index (χ1) is 7.22. The zero-order valence-electron chi connectivity index (χ0n) is 9.88. The Labute approximate surface area is 92.4 Å². The van der Waals surface area contributed by atoms with Crippen LogP contribution in [0.15, 0.2) is 0 Å². The molecule has 1 amide bonds. The van der Waals surface area contributed by atoms with Crippen LogP contribution in [0.1, 0.15) is 26.2 Å². The topological polar surface area (TPSA) is 44.4 Å². The van der Waals surface area contributed by atoms with Gasteiger partial charge in [0.25, 0.3) is 0 Å². The van der Waals surface area contributed by atoms with Gasteiger partial charge in [-0.05, 0) is 26.4 Å². The highest BCUT2D eigenvalue weighted by molar-refractivity contribution is 5.76. The molecular weight excluding hydrogens is 190 g/mol. The standard InChI is InChI=1S/C11H23N3O/c1-3-14(2)8-7-12-10-5-4-6-13-11(15)9-10/h10,12H,3-9H2,1-2H3,(H,13,15). The van der Waals surface area contributed by atoms with E-state index >= 15 is 0 Å². The molecule has 0 spiro atoms. The second-order valence-corrected chi connectivity index (χ2v) is 4.24. The molecule has 0 bridgehead atoms. The van der Waals surface area contributed by atoms with Gasteiger partial charge in [-0.1, -0.05) is 6.92 Å². The number of carbonyl (C=O) groups excluding carboxylic acids is 1. The molecule has 88 valence electrons. The quantitative estimate of drug-likeness (QED) is 0.685. The summed E-state index contributed by atoms with van der Waals surface area (Å²) in [5.41, 5.74) is 0. The van der Waals surface area contributed by atoms with Crippen LogP contribution < -0.4 is 10.6 Å². The van der Waals surface area contributed by atoms with Gasteiger partial charge in [-0.25, -0.2) is 0 Å². The molecule has 2 N–H and O–H groups in total. The lowest BCUT2D eigenvalue weighted by Gasteiger charge is -2.18. The molecule has 0 aromatic heterocycles. The first-order valence-electron chi connectivity index (χ1n) is 5.91. The smallest absolute Gasteiger partial charge is 0.221 e. The van der Waals surface area contributed by atoms with Crippen LogP contribution >= 0.6 is 0 Å². The number of rotatable bonds is 5. The molecule has 1 aliphatic rings. The van der Waals surface area contributed by atoms with Gasteiger partial charge in [-0.15, -0.1) is 0 Å². The van der Waals surface area contributed by atoms with Crippen molar-refractivity contribution in [3.8, 4) is 0 Å². The van der Waals surface area contributed by atoms with E-state index in [-0.39, 0.29) is 5.91 Å². The molecule has 1 heterocycles. The van der Waals surface area contributed by atoms with Crippen molar-refractivity contribution in [2.45, 2.75) is 32.2 Å². The molecule has 1 fully saturated rings. The first kappa shape index (κ1) is 12.5. The van der Waals surface area contributed by atoms with Gasteiger partial charge in [0, 0.05) is 32.1 Å². The first-order valence-corrected chi connectivity index (χ1v) is 5.91. The monoisotopic (exact) mass is 213 g/mol. The fourth-order valence-electron chi connectivity index (χ4n) is 1.77. The molecule has 0 aliphatic carbocycles. The molecule has 4 nitrogen and oxygen atoms in total. The van der Waals surface area contributed by atoms with E-state index in [1.54, 1.807) is 0 Å². The van der Waals surface area contributed by atoms with Gasteiger partial charge in [0.2, 0.25) is 5.91 Å². The van der Waals surface area contributed by atoms with E-state index in [9.17, 15) is 4.79 Å². The fraction of sp³-hybridized carbons (Fsp3) is 0.909. The van der Waals surface area contributed by atoms with Crippen LogP contribution in [0.25, 0.3) is 0 Å². The average molecular weight is 213 g/mol. The minimum absolute atomic E-state index is 0.189. The van der Waals surface area contributed by atoms with Crippen molar-refractivity contribution in [1.29, 1.82) is 0 Å². The van der Waals surface area contributed by atoms with Gasteiger partial charge in [0.1, 0.15) is 0 Å². The molecule has 1 saturated heterocycles. The van der Waals surface area contributed by atoms with E-state index < -0.39 is 0 Å². The second-order valence-electron chi connectivity index (χ2n) is 4.24. The molecular formula is C11H23N3O. The number of likely N-dealkylation sites (N-methyl/N-ethyl adjacent to an activating group) is 1. The highest BCUT2D eigenvalue weighted by Crippen LogP contribution is 2.05. The molecule has 1 atom stereocenters. The van der Waals surface area contributed by atoms with E-state index in [0.717, 1.165) is 39.0 Å². The lowest BCUT2D eigenvalue weighted by atomic mass is 10.1. The van der Waals surface area contributed by atoms with Crippen molar-refractivity contribution in [3.63, 3.8) is 0 Å². The van der Waals surface area contributed by atoms with Crippen LogP contribution in [0.3, 0.4) is 0 Å². The van der Waals surface area contributed by atoms with E-state index in [4.69, 9.17) is 0 Å². The normalized spacial score (nSPS) is 22.6. The fourth-order valence-corrected chi connectivity index (χ4v) is 1.77. The van der Waals surface area contributed by atoms with Crippen molar-refractivity contribution in [1.82, 2.24) is 15.5 Å². The molecule has 1 unspecified atom stereocenters. The second kappa shape index (κ2) is 6.80. The molecule has 4 heteroatoms. The SMILES string of the molecule is CCN(C)CCNC1CCCNC(=O)C1. The summed E-state index contributed by atoms with van der Waals surface area (Å²) in [7, 11) is 2.11. The van der Waals surface area contributed by atoms with Crippen molar-refractivity contribution >= 4 is 5.91 Å². The van der Waals surface area contributed by atoms with E-state index in [1.165, 1.54) is 0 Å². The third kappa shape index (κ3) is 5.14. The minimum Gasteiger partial charge on any atom is -0.356 e. The summed E-state index contributed by atoms with van der Waals surface area (Å²) in [6.07, 6.45) is 2.83. The number of nitrogens with zero attached hydrogens (tertiary/aromatic N) is 1. The average Bonchev–Trinajstić information content (AvgIpc) is 2.42.